The third-order valence-corrected chi connectivity index (χ3v) is 6.62. The van der Waals surface area contributed by atoms with E-state index in [4.69, 9.17) is 11.5 Å². The standard InChI is InChI=1S/C22H36N6O3/c23-22(24)27-26-18-17(19(29)25-15-11-7-3-1-4-8-12-15)20(30)28(21(18)31)16-13-9-5-2-6-10-14-16/h15-17H,1-14H2,(H,25,29)(H4,23,24,27)/b26-18+/t17-/m1/s1. The van der Waals surface area contributed by atoms with Crippen LogP contribution in [0.3, 0.4) is 0 Å². The number of guanidine groups is 1. The van der Waals surface area contributed by atoms with Crippen LogP contribution in [0, 0.1) is 5.92 Å². The number of amides is 3. The molecule has 172 valence electrons. The topological polar surface area (TPSA) is 143 Å². The lowest BCUT2D eigenvalue weighted by molar-refractivity contribution is -0.143. The monoisotopic (exact) mass is 432 g/mol. The zero-order valence-electron chi connectivity index (χ0n) is 18.4. The minimum Gasteiger partial charge on any atom is -0.369 e. The highest BCUT2D eigenvalue weighted by molar-refractivity contribution is 6.54. The van der Waals surface area contributed by atoms with Gasteiger partial charge in [0.25, 0.3) is 5.91 Å². The highest BCUT2D eigenvalue weighted by Crippen LogP contribution is 2.28. The first kappa shape index (κ1) is 23.2. The molecule has 1 atom stereocenters. The Hall–Kier alpha value is -2.45. The Balaban J connectivity index is 1.81. The first-order chi connectivity index (χ1) is 15.0. The van der Waals surface area contributed by atoms with Crippen LogP contribution < -0.4 is 16.8 Å². The average Bonchev–Trinajstić information content (AvgIpc) is 2.92. The number of nitrogens with two attached hydrogens (primary N) is 2. The molecule has 0 aromatic heterocycles. The van der Waals surface area contributed by atoms with Crippen LogP contribution in [0.4, 0.5) is 0 Å². The summed E-state index contributed by atoms with van der Waals surface area (Å²) in [5, 5.41) is 10.5. The van der Waals surface area contributed by atoms with Gasteiger partial charge in [0.2, 0.25) is 17.8 Å². The van der Waals surface area contributed by atoms with E-state index in [1.165, 1.54) is 17.7 Å². The molecule has 2 saturated carbocycles. The van der Waals surface area contributed by atoms with Gasteiger partial charge in [0.1, 0.15) is 0 Å². The molecule has 3 fully saturated rings. The van der Waals surface area contributed by atoms with Crippen molar-refractivity contribution in [2.45, 2.75) is 102 Å². The largest absolute Gasteiger partial charge is 0.369 e. The van der Waals surface area contributed by atoms with Crippen molar-refractivity contribution in [3.63, 3.8) is 0 Å². The molecule has 5 N–H and O–H groups in total. The second-order valence-electron chi connectivity index (χ2n) is 9.01. The van der Waals surface area contributed by atoms with E-state index in [0.29, 0.717) is 0 Å². The molecule has 0 unspecified atom stereocenters. The van der Waals surface area contributed by atoms with Crippen LogP contribution >= 0.6 is 0 Å². The molecule has 0 aromatic rings. The zero-order valence-corrected chi connectivity index (χ0v) is 18.4. The van der Waals surface area contributed by atoms with E-state index in [-0.39, 0.29) is 23.8 Å². The molecule has 1 aliphatic heterocycles. The zero-order chi connectivity index (χ0) is 22.2. The summed E-state index contributed by atoms with van der Waals surface area (Å²) >= 11 is 0. The van der Waals surface area contributed by atoms with Crippen LogP contribution in [0.15, 0.2) is 10.2 Å². The molecule has 2 aliphatic carbocycles. The van der Waals surface area contributed by atoms with Gasteiger partial charge in [-0.25, -0.2) is 0 Å². The number of likely N-dealkylation sites (tertiary alicyclic amines) is 1. The van der Waals surface area contributed by atoms with Crippen LogP contribution in [-0.4, -0.2) is 46.4 Å². The maximum Gasteiger partial charge on any atom is 0.278 e. The Bertz CT molecular complexity index is 715. The van der Waals surface area contributed by atoms with Gasteiger partial charge in [0.05, 0.1) is 0 Å². The van der Waals surface area contributed by atoms with Crippen molar-refractivity contribution in [1.82, 2.24) is 10.2 Å². The lowest BCUT2D eigenvalue weighted by atomic mass is 9.95. The Kier molecular flexibility index (Phi) is 8.43. The van der Waals surface area contributed by atoms with Crippen LogP contribution in [0.5, 0.6) is 0 Å². The molecule has 0 aromatic carbocycles. The Morgan fingerprint density at radius 3 is 1.90 bits per heavy atom. The summed E-state index contributed by atoms with van der Waals surface area (Å²) < 4.78 is 0. The highest BCUT2D eigenvalue weighted by Gasteiger charge is 2.51. The molecule has 0 spiro atoms. The van der Waals surface area contributed by atoms with Crippen molar-refractivity contribution in [2.24, 2.45) is 27.6 Å². The molecule has 9 nitrogen and oxygen atoms in total. The molecular weight excluding hydrogens is 396 g/mol. The quantitative estimate of drug-likeness (QED) is 0.204. The second kappa shape index (κ2) is 11.2. The lowest BCUT2D eigenvalue weighted by Crippen LogP contribution is -2.45. The summed E-state index contributed by atoms with van der Waals surface area (Å²) in [4.78, 5) is 40.9. The van der Waals surface area contributed by atoms with Gasteiger partial charge in [0, 0.05) is 12.1 Å². The van der Waals surface area contributed by atoms with Crippen molar-refractivity contribution in [3.8, 4) is 0 Å². The fourth-order valence-corrected chi connectivity index (χ4v) is 4.97. The molecule has 3 aliphatic rings. The number of nitrogens with one attached hydrogen (secondary N) is 1. The molecule has 9 heteroatoms. The maximum atomic E-state index is 13.3. The van der Waals surface area contributed by atoms with Crippen molar-refractivity contribution >= 4 is 29.4 Å². The first-order valence-electron chi connectivity index (χ1n) is 11.8. The maximum absolute atomic E-state index is 13.3. The Labute approximate surface area is 184 Å². The molecule has 0 bridgehead atoms. The number of carbonyl (C=O) groups excluding carboxylic acids is 3. The van der Waals surface area contributed by atoms with E-state index in [0.717, 1.165) is 77.0 Å². The summed E-state index contributed by atoms with van der Waals surface area (Å²) in [5.74, 6) is -3.12. The smallest absolute Gasteiger partial charge is 0.278 e. The SMILES string of the molecule is NC(N)=N/N=C1/C(=O)N(C2CCCCCCC2)C(=O)[C@H]1C(=O)NC1CCCCCCC1. The van der Waals surface area contributed by atoms with Crippen LogP contribution in [0.1, 0.15) is 89.9 Å². The summed E-state index contributed by atoms with van der Waals surface area (Å²) in [7, 11) is 0. The molecule has 3 rings (SSSR count). The van der Waals surface area contributed by atoms with Gasteiger partial charge in [-0.2, -0.15) is 0 Å². The van der Waals surface area contributed by atoms with Gasteiger partial charge in [-0.05, 0) is 25.7 Å². The van der Waals surface area contributed by atoms with E-state index < -0.39 is 23.6 Å². The fourth-order valence-electron chi connectivity index (χ4n) is 4.97. The van der Waals surface area contributed by atoms with Gasteiger partial charge >= 0.3 is 0 Å². The lowest BCUT2D eigenvalue weighted by Gasteiger charge is -2.28. The van der Waals surface area contributed by atoms with Crippen LogP contribution in [0.2, 0.25) is 0 Å². The van der Waals surface area contributed by atoms with E-state index in [1.807, 2.05) is 0 Å². The number of nitrogens with zero attached hydrogens (tertiary/aromatic N) is 3. The van der Waals surface area contributed by atoms with Crippen molar-refractivity contribution in [2.75, 3.05) is 0 Å². The van der Waals surface area contributed by atoms with Gasteiger partial charge in [-0.15, -0.1) is 10.2 Å². The van der Waals surface area contributed by atoms with E-state index in [9.17, 15) is 14.4 Å². The number of imide groups is 1. The second-order valence-corrected chi connectivity index (χ2v) is 9.01. The number of carbonyl (C=O) groups is 3. The van der Waals surface area contributed by atoms with Gasteiger partial charge in [0.15, 0.2) is 11.6 Å². The highest BCUT2D eigenvalue weighted by atomic mass is 16.2. The Morgan fingerprint density at radius 2 is 1.35 bits per heavy atom. The molecule has 31 heavy (non-hydrogen) atoms. The normalized spacial score (nSPS) is 26.1. The number of hydrogen-bond donors (Lipinski definition) is 3. The number of rotatable bonds is 4. The molecule has 0 radical (unpaired) electrons. The average molecular weight is 433 g/mol. The van der Waals surface area contributed by atoms with E-state index >= 15 is 0 Å². The van der Waals surface area contributed by atoms with Crippen LogP contribution in [0.25, 0.3) is 0 Å². The summed E-state index contributed by atoms with van der Waals surface area (Å²) in [5.41, 5.74) is 10.6. The van der Waals surface area contributed by atoms with Crippen molar-refractivity contribution < 1.29 is 14.4 Å². The number of hydrogen-bond acceptors (Lipinski definition) is 5. The van der Waals surface area contributed by atoms with E-state index in [1.54, 1.807) is 0 Å². The summed E-state index contributed by atoms with van der Waals surface area (Å²) in [6.45, 7) is 0. The van der Waals surface area contributed by atoms with Crippen LogP contribution in [-0.2, 0) is 14.4 Å². The van der Waals surface area contributed by atoms with E-state index in [2.05, 4.69) is 15.5 Å². The van der Waals surface area contributed by atoms with Crippen molar-refractivity contribution in [1.29, 1.82) is 0 Å². The van der Waals surface area contributed by atoms with Gasteiger partial charge in [-0.3, -0.25) is 19.3 Å². The fraction of sp³-hybridized carbons (Fsp3) is 0.773. The summed E-state index contributed by atoms with van der Waals surface area (Å²) in [6, 6.07) is -0.195. The molecule has 1 saturated heterocycles. The molecule has 1 heterocycles. The summed E-state index contributed by atoms with van der Waals surface area (Å²) in [6.07, 6.45) is 14.2. The van der Waals surface area contributed by atoms with Crippen molar-refractivity contribution in [3.05, 3.63) is 0 Å². The van der Waals surface area contributed by atoms with Gasteiger partial charge < -0.3 is 16.8 Å². The molecular formula is C22H36N6O3. The first-order valence-corrected chi connectivity index (χ1v) is 11.8. The molecule has 3 amide bonds. The minimum atomic E-state index is -1.29. The predicted octanol–water partition coefficient (Wildman–Crippen LogP) is 1.94. The minimum absolute atomic E-state index is 0.00970. The third-order valence-electron chi connectivity index (χ3n) is 6.62. The predicted molar refractivity (Wildman–Crippen MR) is 119 cm³/mol. The van der Waals surface area contributed by atoms with Gasteiger partial charge in [-0.1, -0.05) is 64.2 Å². The Morgan fingerprint density at radius 1 is 0.839 bits per heavy atom. The third kappa shape index (κ3) is 6.04.